The minimum absolute atomic E-state index is 0.0102. The number of rotatable bonds is 4. The summed E-state index contributed by atoms with van der Waals surface area (Å²) in [4.78, 5) is 50.7. The third kappa shape index (κ3) is 2.69. The number of benzene rings is 1. The van der Waals surface area contributed by atoms with Crippen LogP contribution >= 0.6 is 0 Å². The zero-order valence-electron chi connectivity index (χ0n) is 13.1. The van der Waals surface area contributed by atoms with Crippen molar-refractivity contribution in [2.24, 2.45) is 11.5 Å². The van der Waals surface area contributed by atoms with E-state index in [4.69, 9.17) is 11.5 Å². The molecule has 1 atom stereocenters. The molecule has 1 saturated heterocycles. The number of nitrogens with two attached hydrogens (primary N) is 2. The maximum absolute atomic E-state index is 12.7. The second-order valence-corrected chi connectivity index (χ2v) is 5.37. The molecule has 0 aliphatic carbocycles. The third-order valence-corrected chi connectivity index (χ3v) is 3.98. The van der Waals surface area contributed by atoms with E-state index in [1.54, 1.807) is 6.92 Å². The molecule has 0 aromatic heterocycles. The van der Waals surface area contributed by atoms with E-state index < -0.39 is 29.2 Å². The first-order chi connectivity index (χ1) is 11.2. The number of carbonyl (C=O) groups is 4. The first-order valence-electron chi connectivity index (χ1n) is 7.27. The van der Waals surface area contributed by atoms with Crippen LogP contribution in [-0.4, -0.2) is 58.2 Å². The number of nitrogens with zero attached hydrogens (tertiary/aromatic N) is 2. The Morgan fingerprint density at radius 3 is 2.25 bits per heavy atom. The van der Waals surface area contributed by atoms with Gasteiger partial charge in [0.25, 0.3) is 11.8 Å². The van der Waals surface area contributed by atoms with E-state index in [-0.39, 0.29) is 24.4 Å². The number of aromatic hydroxyl groups is 1. The molecular formula is C15H18N4O5. The van der Waals surface area contributed by atoms with Gasteiger partial charge in [0.2, 0.25) is 5.54 Å². The molecule has 1 aromatic carbocycles. The Morgan fingerprint density at radius 1 is 1.17 bits per heavy atom. The third-order valence-electron chi connectivity index (χ3n) is 3.98. The lowest BCUT2D eigenvalue weighted by Gasteiger charge is -2.36. The van der Waals surface area contributed by atoms with Crippen LogP contribution in [-0.2, 0) is 24.7 Å². The summed E-state index contributed by atoms with van der Waals surface area (Å²) >= 11 is 0. The molecule has 5 N–H and O–H groups in total. The van der Waals surface area contributed by atoms with E-state index in [2.05, 4.69) is 0 Å². The Morgan fingerprint density at radius 2 is 1.75 bits per heavy atom. The maximum Gasteiger partial charge on any atom is 0.318 e. The van der Waals surface area contributed by atoms with Gasteiger partial charge in [-0.2, -0.15) is 0 Å². The van der Waals surface area contributed by atoms with Gasteiger partial charge >= 0.3 is 11.8 Å². The summed E-state index contributed by atoms with van der Waals surface area (Å²) in [7, 11) is 0. The van der Waals surface area contributed by atoms with Crippen LogP contribution in [0.1, 0.15) is 12.5 Å². The second kappa shape index (κ2) is 6.28. The number of hydrogen-bond donors (Lipinski definition) is 3. The van der Waals surface area contributed by atoms with Gasteiger partial charge in [0.1, 0.15) is 5.75 Å². The monoisotopic (exact) mass is 334 g/mol. The molecule has 128 valence electrons. The standard InChI is InChI=1S/C15H18N4O5/c1-2-18-7-8-19(12(22)11(18)21)14(24)15(17,13(16)23)9-3-5-10(20)6-4-9/h3-6,20H,2,7-8,17H2,1H3,(H2,16,23). The summed E-state index contributed by atoms with van der Waals surface area (Å²) in [6.07, 6.45) is 0. The van der Waals surface area contributed by atoms with Crippen LogP contribution < -0.4 is 11.5 Å². The highest BCUT2D eigenvalue weighted by molar-refractivity contribution is 6.39. The molecule has 1 unspecified atom stereocenters. The normalized spacial score (nSPS) is 17.6. The first kappa shape index (κ1) is 17.4. The summed E-state index contributed by atoms with van der Waals surface area (Å²) in [5.41, 5.74) is 8.93. The number of hydrogen-bond acceptors (Lipinski definition) is 6. The van der Waals surface area contributed by atoms with Crippen LogP contribution in [0.15, 0.2) is 24.3 Å². The van der Waals surface area contributed by atoms with E-state index in [9.17, 15) is 24.3 Å². The zero-order valence-corrected chi connectivity index (χ0v) is 13.1. The average Bonchev–Trinajstić information content (AvgIpc) is 2.56. The summed E-state index contributed by atoms with van der Waals surface area (Å²) in [6.45, 7) is 2.10. The predicted octanol–water partition coefficient (Wildman–Crippen LogP) is -1.75. The van der Waals surface area contributed by atoms with E-state index in [1.165, 1.54) is 29.2 Å². The minimum atomic E-state index is -2.32. The van der Waals surface area contributed by atoms with Gasteiger partial charge in [0.15, 0.2) is 0 Å². The number of likely N-dealkylation sites (N-methyl/N-ethyl adjacent to an activating group) is 1. The van der Waals surface area contributed by atoms with Crippen molar-refractivity contribution < 1.29 is 24.3 Å². The fraction of sp³-hybridized carbons (Fsp3) is 0.333. The van der Waals surface area contributed by atoms with Gasteiger partial charge < -0.3 is 21.5 Å². The van der Waals surface area contributed by atoms with Gasteiger partial charge in [0, 0.05) is 19.6 Å². The van der Waals surface area contributed by atoms with Crippen molar-refractivity contribution in [1.82, 2.24) is 9.80 Å². The molecule has 0 bridgehead atoms. The Bertz CT molecular complexity index is 702. The molecule has 0 spiro atoms. The maximum atomic E-state index is 12.7. The zero-order chi connectivity index (χ0) is 18.1. The molecule has 2 rings (SSSR count). The topological polar surface area (TPSA) is 147 Å². The van der Waals surface area contributed by atoms with Gasteiger partial charge in [-0.15, -0.1) is 0 Å². The van der Waals surface area contributed by atoms with Gasteiger partial charge in [-0.1, -0.05) is 12.1 Å². The van der Waals surface area contributed by atoms with Crippen LogP contribution in [0.2, 0.25) is 0 Å². The first-order valence-corrected chi connectivity index (χ1v) is 7.27. The molecule has 24 heavy (non-hydrogen) atoms. The number of primary amides is 1. The largest absolute Gasteiger partial charge is 0.508 e. The molecule has 1 aliphatic heterocycles. The van der Waals surface area contributed by atoms with E-state index in [0.29, 0.717) is 11.4 Å². The van der Waals surface area contributed by atoms with Crippen LogP contribution in [0.5, 0.6) is 5.75 Å². The number of imide groups is 1. The highest BCUT2D eigenvalue weighted by atomic mass is 16.3. The van der Waals surface area contributed by atoms with Crippen LogP contribution in [0.4, 0.5) is 0 Å². The predicted molar refractivity (Wildman–Crippen MR) is 82.1 cm³/mol. The summed E-state index contributed by atoms with van der Waals surface area (Å²) < 4.78 is 0. The SMILES string of the molecule is CCN1CCN(C(=O)C(N)(C(N)=O)c2ccc(O)cc2)C(=O)C1=O. The van der Waals surface area contributed by atoms with Gasteiger partial charge in [0.05, 0.1) is 0 Å². The molecule has 1 fully saturated rings. The fourth-order valence-electron chi connectivity index (χ4n) is 2.48. The van der Waals surface area contributed by atoms with Crippen molar-refractivity contribution >= 4 is 23.6 Å². The second-order valence-electron chi connectivity index (χ2n) is 5.37. The molecule has 1 aliphatic rings. The molecule has 9 heteroatoms. The van der Waals surface area contributed by atoms with Gasteiger partial charge in [-0.05, 0) is 24.6 Å². The van der Waals surface area contributed by atoms with Crippen LogP contribution in [0, 0.1) is 0 Å². The fourth-order valence-corrected chi connectivity index (χ4v) is 2.48. The number of phenols is 1. The molecule has 0 radical (unpaired) electrons. The van der Waals surface area contributed by atoms with Crippen LogP contribution in [0.25, 0.3) is 0 Å². The van der Waals surface area contributed by atoms with E-state index >= 15 is 0 Å². The van der Waals surface area contributed by atoms with Gasteiger partial charge in [-0.3, -0.25) is 24.1 Å². The summed E-state index contributed by atoms with van der Waals surface area (Å²) in [5, 5.41) is 9.32. The molecular weight excluding hydrogens is 316 g/mol. The molecule has 9 nitrogen and oxygen atoms in total. The van der Waals surface area contributed by atoms with E-state index in [0.717, 1.165) is 0 Å². The lowest BCUT2D eigenvalue weighted by molar-refractivity contribution is -0.163. The van der Waals surface area contributed by atoms with Crippen molar-refractivity contribution in [3.05, 3.63) is 29.8 Å². The van der Waals surface area contributed by atoms with E-state index in [1.807, 2.05) is 0 Å². The Kier molecular flexibility index (Phi) is 4.56. The van der Waals surface area contributed by atoms with Crippen molar-refractivity contribution in [2.75, 3.05) is 19.6 Å². The molecule has 4 amide bonds. The minimum Gasteiger partial charge on any atom is -0.508 e. The van der Waals surface area contributed by atoms with Gasteiger partial charge in [-0.25, -0.2) is 0 Å². The van der Waals surface area contributed by atoms with Crippen molar-refractivity contribution in [3.63, 3.8) is 0 Å². The molecule has 1 aromatic rings. The van der Waals surface area contributed by atoms with Crippen molar-refractivity contribution in [2.45, 2.75) is 12.5 Å². The highest BCUT2D eigenvalue weighted by Gasteiger charge is 2.49. The van der Waals surface area contributed by atoms with Crippen LogP contribution in [0.3, 0.4) is 0 Å². The molecule has 1 heterocycles. The Balaban J connectivity index is 2.40. The lowest BCUT2D eigenvalue weighted by atomic mass is 9.88. The lowest BCUT2D eigenvalue weighted by Crippen LogP contribution is -2.65. The number of phenolic OH excluding ortho intramolecular Hbond substituents is 1. The number of amides is 4. The summed E-state index contributed by atoms with van der Waals surface area (Å²) in [6, 6.07) is 4.98. The Hall–Kier alpha value is -2.94. The number of carbonyl (C=O) groups excluding carboxylic acids is 4. The highest BCUT2D eigenvalue weighted by Crippen LogP contribution is 2.24. The smallest absolute Gasteiger partial charge is 0.318 e. The molecule has 0 saturated carbocycles. The average molecular weight is 334 g/mol. The summed E-state index contributed by atoms with van der Waals surface area (Å²) in [5.74, 6) is -4.23. The van der Waals surface area contributed by atoms with Crippen molar-refractivity contribution in [1.29, 1.82) is 0 Å². The quantitative estimate of drug-likeness (QED) is 0.439. The Labute approximate surface area is 137 Å². The number of piperazine rings is 1. The van der Waals surface area contributed by atoms with Crippen molar-refractivity contribution in [3.8, 4) is 5.75 Å².